The number of hydrogen-bond donors (Lipinski definition) is 0. The largest absolute Gasteiger partial charge is 0.288 e. The predicted molar refractivity (Wildman–Crippen MR) is 94.1 cm³/mol. The summed E-state index contributed by atoms with van der Waals surface area (Å²) in [4.78, 5) is 27.5. The smallest absolute Gasteiger partial charge is 0.240 e. The van der Waals surface area contributed by atoms with E-state index in [1.165, 1.54) is 4.90 Å². The highest BCUT2D eigenvalue weighted by molar-refractivity contribution is 6.22. The number of imide groups is 1. The molecule has 3 aliphatic rings. The molecule has 2 saturated heterocycles. The highest BCUT2D eigenvalue weighted by Crippen LogP contribution is 2.49. The van der Waals surface area contributed by atoms with Crippen LogP contribution in [-0.2, 0) is 9.59 Å². The second-order valence-electron chi connectivity index (χ2n) is 6.92. The minimum absolute atomic E-state index is 0.110. The zero-order chi connectivity index (χ0) is 17.1. The Morgan fingerprint density at radius 3 is 2.56 bits per heavy atom. The highest BCUT2D eigenvalue weighted by atomic mass is 16.2. The van der Waals surface area contributed by atoms with Gasteiger partial charge in [-0.2, -0.15) is 5.10 Å². The average Bonchev–Trinajstić information content (AvgIpc) is 3.13. The number of nitrogens with zero attached hydrogens (tertiary/aromatic N) is 3. The van der Waals surface area contributed by atoms with Crippen LogP contribution in [0.4, 0.5) is 5.69 Å². The molecule has 124 valence electrons. The van der Waals surface area contributed by atoms with Gasteiger partial charge in [-0.15, -0.1) is 0 Å². The topological polar surface area (TPSA) is 53.0 Å². The van der Waals surface area contributed by atoms with E-state index in [4.69, 9.17) is 0 Å². The van der Waals surface area contributed by atoms with E-state index in [0.29, 0.717) is 12.2 Å². The van der Waals surface area contributed by atoms with Crippen molar-refractivity contribution in [2.45, 2.75) is 13.0 Å². The number of fused-ring (bicyclic) bond motifs is 5. The highest BCUT2D eigenvalue weighted by Gasteiger charge is 2.59. The van der Waals surface area contributed by atoms with Crippen LogP contribution in [0.15, 0.2) is 53.6 Å². The molecule has 3 heterocycles. The zero-order valence-electron chi connectivity index (χ0n) is 13.8. The molecular weight excluding hydrogens is 314 g/mol. The molecule has 25 heavy (non-hydrogen) atoms. The first-order chi connectivity index (χ1) is 12.1. The molecule has 0 bridgehead atoms. The van der Waals surface area contributed by atoms with Gasteiger partial charge in [-0.1, -0.05) is 42.0 Å². The van der Waals surface area contributed by atoms with Gasteiger partial charge in [-0.3, -0.25) is 14.6 Å². The summed E-state index contributed by atoms with van der Waals surface area (Å²) in [5.74, 6) is -0.922. The summed E-state index contributed by atoms with van der Waals surface area (Å²) < 4.78 is 0. The molecule has 0 N–H and O–H groups in total. The Kier molecular flexibility index (Phi) is 2.89. The minimum Gasteiger partial charge on any atom is -0.288 e. The van der Waals surface area contributed by atoms with E-state index in [2.05, 4.69) is 5.10 Å². The van der Waals surface area contributed by atoms with Gasteiger partial charge in [0.05, 0.1) is 29.8 Å². The summed E-state index contributed by atoms with van der Waals surface area (Å²) in [5, 5.41) is 6.38. The second kappa shape index (κ2) is 5.02. The van der Waals surface area contributed by atoms with E-state index in [9.17, 15) is 9.59 Å². The molecule has 0 saturated carbocycles. The van der Waals surface area contributed by atoms with Gasteiger partial charge in [0, 0.05) is 6.54 Å². The quantitative estimate of drug-likeness (QED) is 0.755. The second-order valence-corrected chi connectivity index (χ2v) is 6.92. The van der Waals surface area contributed by atoms with Crippen molar-refractivity contribution in [2.24, 2.45) is 16.9 Å². The Bertz CT molecular complexity index is 919. The summed E-state index contributed by atoms with van der Waals surface area (Å²) in [7, 11) is 0. The van der Waals surface area contributed by atoms with E-state index in [-0.39, 0.29) is 29.7 Å². The van der Waals surface area contributed by atoms with Gasteiger partial charge >= 0.3 is 0 Å². The molecule has 2 amide bonds. The maximum Gasteiger partial charge on any atom is 0.240 e. The molecule has 3 aliphatic heterocycles. The molecular formula is C20H17N3O2. The summed E-state index contributed by atoms with van der Waals surface area (Å²) >= 11 is 0. The third-order valence-corrected chi connectivity index (χ3v) is 5.47. The number of hydrazone groups is 1. The fourth-order valence-corrected chi connectivity index (χ4v) is 4.25. The number of carbonyl (C=O) groups excluding carboxylic acids is 2. The molecule has 0 aliphatic carbocycles. The van der Waals surface area contributed by atoms with E-state index in [1.807, 2.05) is 66.7 Å². The van der Waals surface area contributed by atoms with Crippen molar-refractivity contribution < 1.29 is 9.59 Å². The monoisotopic (exact) mass is 331 g/mol. The molecule has 0 aromatic heterocycles. The van der Waals surface area contributed by atoms with Crippen LogP contribution >= 0.6 is 0 Å². The first kappa shape index (κ1) is 14.4. The normalized spacial score (nSPS) is 26.7. The summed E-state index contributed by atoms with van der Waals surface area (Å²) in [5.41, 5.74) is 3.87. The number of benzene rings is 2. The molecule has 5 heteroatoms. The van der Waals surface area contributed by atoms with Crippen molar-refractivity contribution >= 4 is 23.7 Å². The Balaban J connectivity index is 1.57. The van der Waals surface area contributed by atoms with E-state index < -0.39 is 0 Å². The van der Waals surface area contributed by atoms with Crippen LogP contribution in [-0.4, -0.2) is 29.6 Å². The molecule has 3 atom stereocenters. The minimum atomic E-state index is -0.368. The first-order valence-electron chi connectivity index (χ1n) is 8.49. The summed E-state index contributed by atoms with van der Waals surface area (Å²) in [6.45, 7) is 2.48. The first-order valence-corrected chi connectivity index (χ1v) is 8.49. The van der Waals surface area contributed by atoms with Crippen molar-refractivity contribution in [1.82, 2.24) is 5.01 Å². The Labute approximate surface area is 145 Å². The van der Waals surface area contributed by atoms with Gasteiger partial charge < -0.3 is 0 Å². The maximum atomic E-state index is 13.2. The molecule has 3 unspecified atom stereocenters. The van der Waals surface area contributed by atoms with Gasteiger partial charge in [-0.25, -0.2) is 4.90 Å². The SMILES string of the molecule is Cc1ccc(N2C(=O)C3CN4N=Cc5ccccc5C4C3C2=O)cc1. The molecule has 2 aromatic carbocycles. The fourth-order valence-electron chi connectivity index (χ4n) is 4.25. The summed E-state index contributed by atoms with van der Waals surface area (Å²) in [6.07, 6.45) is 1.82. The number of rotatable bonds is 1. The molecule has 0 spiro atoms. The number of aryl methyl sites for hydroxylation is 1. The van der Waals surface area contributed by atoms with Crippen molar-refractivity contribution in [3.8, 4) is 0 Å². The lowest BCUT2D eigenvalue weighted by Gasteiger charge is -2.30. The number of hydrogen-bond acceptors (Lipinski definition) is 4. The summed E-state index contributed by atoms with van der Waals surface area (Å²) in [6, 6.07) is 15.4. The Morgan fingerprint density at radius 1 is 1.00 bits per heavy atom. The predicted octanol–water partition coefficient (Wildman–Crippen LogP) is 2.51. The number of amides is 2. The number of carbonyl (C=O) groups is 2. The van der Waals surface area contributed by atoms with Crippen LogP contribution in [0.5, 0.6) is 0 Å². The zero-order valence-corrected chi connectivity index (χ0v) is 13.8. The van der Waals surface area contributed by atoms with Crippen LogP contribution in [0, 0.1) is 18.8 Å². The molecule has 2 fully saturated rings. The van der Waals surface area contributed by atoms with Gasteiger partial charge in [0.2, 0.25) is 11.8 Å². The van der Waals surface area contributed by atoms with Crippen molar-refractivity contribution in [3.05, 3.63) is 65.2 Å². The van der Waals surface area contributed by atoms with Gasteiger partial charge in [0.25, 0.3) is 0 Å². The van der Waals surface area contributed by atoms with Crippen molar-refractivity contribution in [3.63, 3.8) is 0 Å². The third-order valence-electron chi connectivity index (χ3n) is 5.47. The van der Waals surface area contributed by atoms with Gasteiger partial charge in [0.1, 0.15) is 0 Å². The standard InChI is InChI=1S/C20H17N3O2/c1-12-6-8-14(9-7-12)23-19(24)16-11-22-18(17(16)20(23)25)15-5-3-2-4-13(15)10-21-22/h2-10,16-18H,11H2,1H3. The average molecular weight is 331 g/mol. The number of anilines is 1. The van der Waals surface area contributed by atoms with Crippen LogP contribution in [0.3, 0.4) is 0 Å². The van der Waals surface area contributed by atoms with Crippen LogP contribution < -0.4 is 4.90 Å². The fraction of sp³-hybridized carbons (Fsp3) is 0.250. The van der Waals surface area contributed by atoms with E-state index in [1.54, 1.807) is 0 Å². The lowest BCUT2D eigenvalue weighted by molar-refractivity contribution is -0.123. The van der Waals surface area contributed by atoms with Gasteiger partial charge in [-0.05, 0) is 30.2 Å². The van der Waals surface area contributed by atoms with Crippen molar-refractivity contribution in [2.75, 3.05) is 11.4 Å². The Hall–Kier alpha value is -2.95. The molecule has 5 nitrogen and oxygen atoms in total. The van der Waals surface area contributed by atoms with Gasteiger partial charge in [0.15, 0.2) is 0 Å². The van der Waals surface area contributed by atoms with E-state index >= 15 is 0 Å². The lowest BCUT2D eigenvalue weighted by atomic mass is 9.86. The van der Waals surface area contributed by atoms with E-state index in [0.717, 1.165) is 16.7 Å². The Morgan fingerprint density at radius 2 is 1.76 bits per heavy atom. The van der Waals surface area contributed by atoms with Crippen molar-refractivity contribution in [1.29, 1.82) is 0 Å². The molecule has 0 radical (unpaired) electrons. The van der Waals surface area contributed by atoms with Crippen LogP contribution in [0.1, 0.15) is 22.7 Å². The third kappa shape index (κ3) is 1.92. The maximum absolute atomic E-state index is 13.2. The van der Waals surface area contributed by atoms with Crippen LogP contribution in [0.25, 0.3) is 0 Å². The van der Waals surface area contributed by atoms with Crippen LogP contribution in [0.2, 0.25) is 0 Å². The lowest BCUT2D eigenvalue weighted by Crippen LogP contribution is -2.37. The molecule has 2 aromatic rings. The molecule has 5 rings (SSSR count).